The Morgan fingerprint density at radius 2 is 2.33 bits per heavy atom. The van der Waals surface area contributed by atoms with Crippen LogP contribution in [0.4, 0.5) is 5.69 Å². The molecule has 2 N–H and O–H groups in total. The van der Waals surface area contributed by atoms with Crippen LogP contribution in [0.2, 0.25) is 0 Å². The lowest BCUT2D eigenvalue weighted by molar-refractivity contribution is -0.112. The fourth-order valence-corrected chi connectivity index (χ4v) is 3.16. The molecule has 2 fully saturated rings. The third-order valence-electron chi connectivity index (χ3n) is 4.26. The van der Waals surface area contributed by atoms with Crippen LogP contribution in [0.25, 0.3) is 0 Å². The van der Waals surface area contributed by atoms with E-state index in [0.29, 0.717) is 6.61 Å². The number of benzene rings is 1. The maximum absolute atomic E-state index is 6.24. The van der Waals surface area contributed by atoms with Crippen molar-refractivity contribution in [2.24, 2.45) is 0 Å². The molecule has 0 radical (unpaired) electrons. The van der Waals surface area contributed by atoms with Crippen molar-refractivity contribution in [3.8, 4) is 5.75 Å². The van der Waals surface area contributed by atoms with Gasteiger partial charge in [-0.3, -0.25) is 0 Å². The maximum Gasteiger partial charge on any atom is 0.123 e. The van der Waals surface area contributed by atoms with Gasteiger partial charge in [0.15, 0.2) is 0 Å². The molecule has 1 aromatic rings. The molecule has 0 aliphatic carbocycles. The molecule has 2 heterocycles. The average Bonchev–Trinajstić information content (AvgIpc) is 2.90. The normalized spacial score (nSPS) is 28.7. The number of hydrogen-bond donors (Lipinski definition) is 1. The van der Waals surface area contributed by atoms with E-state index in [9.17, 15) is 0 Å². The van der Waals surface area contributed by atoms with Crippen LogP contribution in [0.5, 0.6) is 5.75 Å². The number of nitrogen functional groups attached to an aromatic ring is 1. The van der Waals surface area contributed by atoms with Gasteiger partial charge >= 0.3 is 0 Å². The molecule has 0 saturated carbocycles. The van der Waals surface area contributed by atoms with Crippen LogP contribution in [0.15, 0.2) is 30.9 Å². The van der Waals surface area contributed by atoms with Crippen molar-refractivity contribution in [1.82, 2.24) is 0 Å². The van der Waals surface area contributed by atoms with Gasteiger partial charge in [-0.05, 0) is 30.2 Å². The average molecular weight is 289 g/mol. The van der Waals surface area contributed by atoms with E-state index in [1.54, 1.807) is 0 Å². The second-order valence-corrected chi connectivity index (χ2v) is 5.93. The van der Waals surface area contributed by atoms with Crippen LogP contribution in [0.1, 0.15) is 24.8 Å². The van der Waals surface area contributed by atoms with Gasteiger partial charge in [0.25, 0.3) is 0 Å². The zero-order valence-electron chi connectivity index (χ0n) is 12.3. The van der Waals surface area contributed by atoms with Gasteiger partial charge in [0.1, 0.15) is 11.9 Å². The molecule has 0 aromatic heterocycles. The Morgan fingerprint density at radius 3 is 3.10 bits per heavy atom. The lowest BCUT2D eigenvalue weighted by Gasteiger charge is -2.37. The summed E-state index contributed by atoms with van der Waals surface area (Å²) in [6, 6.07) is 5.81. The summed E-state index contributed by atoms with van der Waals surface area (Å²) in [5.41, 5.74) is 7.58. The van der Waals surface area contributed by atoms with Gasteiger partial charge in [-0.25, -0.2) is 0 Å². The van der Waals surface area contributed by atoms with E-state index in [1.807, 2.05) is 24.3 Å². The summed E-state index contributed by atoms with van der Waals surface area (Å²) in [4.78, 5) is 0. The van der Waals surface area contributed by atoms with Crippen LogP contribution in [-0.2, 0) is 15.9 Å². The lowest BCUT2D eigenvalue weighted by atomic mass is 9.91. The Labute approximate surface area is 125 Å². The largest absolute Gasteiger partial charge is 0.490 e. The van der Waals surface area contributed by atoms with Gasteiger partial charge in [-0.1, -0.05) is 6.08 Å². The van der Waals surface area contributed by atoms with E-state index >= 15 is 0 Å². The molecule has 3 rings (SSSR count). The molecule has 4 nitrogen and oxygen atoms in total. The number of allylic oxidation sites excluding steroid dienone is 1. The topological polar surface area (TPSA) is 53.7 Å². The Kier molecular flexibility index (Phi) is 4.17. The Morgan fingerprint density at radius 1 is 1.43 bits per heavy atom. The molecule has 1 aromatic carbocycles. The summed E-state index contributed by atoms with van der Waals surface area (Å²) in [6.07, 6.45) is 5.58. The molecule has 4 heteroatoms. The van der Waals surface area contributed by atoms with Crippen molar-refractivity contribution < 1.29 is 14.2 Å². The highest BCUT2D eigenvalue weighted by atomic mass is 16.6. The predicted octanol–water partition coefficient (Wildman–Crippen LogP) is 2.71. The standard InChI is InChI=1S/C17H23NO3/c1-2-3-13-10-14(18)4-5-16(13)21-15-6-8-20-17(11-15)7-9-19-12-17/h2,4-5,10,15H,1,3,6-9,11-12,18H2. The highest BCUT2D eigenvalue weighted by Crippen LogP contribution is 2.35. The summed E-state index contributed by atoms with van der Waals surface area (Å²) >= 11 is 0. The second-order valence-electron chi connectivity index (χ2n) is 5.93. The molecule has 114 valence electrons. The minimum Gasteiger partial charge on any atom is -0.490 e. The highest BCUT2D eigenvalue weighted by Gasteiger charge is 2.41. The summed E-state index contributed by atoms with van der Waals surface area (Å²) in [5, 5.41) is 0. The Bertz CT molecular complexity index is 509. The number of anilines is 1. The number of hydrogen-bond acceptors (Lipinski definition) is 4. The summed E-state index contributed by atoms with van der Waals surface area (Å²) in [5.74, 6) is 0.907. The molecular weight excluding hydrogens is 266 g/mol. The van der Waals surface area contributed by atoms with Gasteiger partial charge in [0, 0.05) is 31.6 Å². The van der Waals surface area contributed by atoms with Crippen LogP contribution in [0.3, 0.4) is 0 Å². The van der Waals surface area contributed by atoms with Crippen molar-refractivity contribution in [3.05, 3.63) is 36.4 Å². The lowest BCUT2D eigenvalue weighted by Crippen LogP contribution is -2.44. The molecule has 0 bridgehead atoms. The first-order valence-electron chi connectivity index (χ1n) is 7.58. The van der Waals surface area contributed by atoms with Crippen LogP contribution < -0.4 is 10.5 Å². The monoisotopic (exact) mass is 289 g/mol. The van der Waals surface area contributed by atoms with Crippen LogP contribution in [0, 0.1) is 0 Å². The summed E-state index contributed by atoms with van der Waals surface area (Å²) in [7, 11) is 0. The van der Waals surface area contributed by atoms with Gasteiger partial charge in [0.05, 0.1) is 18.8 Å². The van der Waals surface area contributed by atoms with Crippen molar-refractivity contribution >= 4 is 5.69 Å². The molecule has 2 saturated heterocycles. The Hall–Kier alpha value is -1.52. The summed E-state index contributed by atoms with van der Waals surface area (Å²) in [6.45, 7) is 6.01. The molecule has 1 spiro atoms. The molecule has 21 heavy (non-hydrogen) atoms. The van der Waals surface area contributed by atoms with Crippen molar-refractivity contribution in [2.45, 2.75) is 37.4 Å². The quantitative estimate of drug-likeness (QED) is 0.684. The first-order valence-corrected chi connectivity index (χ1v) is 7.58. The molecule has 2 aliphatic rings. The van der Waals surface area contributed by atoms with Crippen LogP contribution in [-0.4, -0.2) is 31.5 Å². The van der Waals surface area contributed by atoms with E-state index in [0.717, 1.165) is 55.9 Å². The van der Waals surface area contributed by atoms with Gasteiger partial charge in [0.2, 0.25) is 0 Å². The molecular formula is C17H23NO3. The second kappa shape index (κ2) is 6.08. The predicted molar refractivity (Wildman–Crippen MR) is 82.5 cm³/mol. The van der Waals surface area contributed by atoms with Crippen molar-refractivity contribution in [3.63, 3.8) is 0 Å². The zero-order valence-corrected chi connectivity index (χ0v) is 12.3. The highest BCUT2D eigenvalue weighted by molar-refractivity contribution is 5.48. The third-order valence-corrected chi connectivity index (χ3v) is 4.26. The Balaban J connectivity index is 1.72. The first kappa shape index (κ1) is 14.4. The van der Waals surface area contributed by atoms with E-state index in [2.05, 4.69) is 6.58 Å². The van der Waals surface area contributed by atoms with E-state index in [4.69, 9.17) is 19.9 Å². The fourth-order valence-electron chi connectivity index (χ4n) is 3.16. The smallest absolute Gasteiger partial charge is 0.123 e. The van der Waals surface area contributed by atoms with Crippen LogP contribution >= 0.6 is 0 Å². The van der Waals surface area contributed by atoms with E-state index in [-0.39, 0.29) is 11.7 Å². The maximum atomic E-state index is 6.24. The van der Waals surface area contributed by atoms with E-state index < -0.39 is 0 Å². The number of nitrogens with two attached hydrogens (primary N) is 1. The van der Waals surface area contributed by atoms with Crippen molar-refractivity contribution in [2.75, 3.05) is 25.6 Å². The third kappa shape index (κ3) is 3.22. The van der Waals surface area contributed by atoms with Gasteiger partial charge < -0.3 is 19.9 Å². The molecule has 2 aliphatic heterocycles. The first-order chi connectivity index (χ1) is 10.2. The van der Waals surface area contributed by atoms with Gasteiger partial charge in [-0.15, -0.1) is 6.58 Å². The SMILES string of the molecule is C=CCc1cc(N)ccc1OC1CCOC2(CCOC2)C1. The minimum absolute atomic E-state index is 0.130. The molecule has 2 atom stereocenters. The summed E-state index contributed by atoms with van der Waals surface area (Å²) < 4.78 is 17.7. The van der Waals surface area contributed by atoms with Gasteiger partial charge in [-0.2, -0.15) is 0 Å². The number of rotatable bonds is 4. The number of ether oxygens (including phenoxy) is 3. The van der Waals surface area contributed by atoms with E-state index in [1.165, 1.54) is 0 Å². The molecule has 2 unspecified atom stereocenters. The van der Waals surface area contributed by atoms with Crippen molar-refractivity contribution in [1.29, 1.82) is 0 Å². The fraction of sp³-hybridized carbons (Fsp3) is 0.529. The molecule has 0 amide bonds. The zero-order chi connectivity index (χ0) is 14.7. The minimum atomic E-state index is -0.130.